The first-order valence-corrected chi connectivity index (χ1v) is 7.20. The Morgan fingerprint density at radius 3 is 2.86 bits per heavy atom. The van der Waals surface area contributed by atoms with E-state index in [-0.39, 0.29) is 12.1 Å². The summed E-state index contributed by atoms with van der Waals surface area (Å²) in [5.41, 5.74) is 7.49. The number of nitrogens with two attached hydrogens (primary N) is 1. The van der Waals surface area contributed by atoms with Gasteiger partial charge in [-0.05, 0) is 6.42 Å². The van der Waals surface area contributed by atoms with E-state index in [1.165, 1.54) is 0 Å². The summed E-state index contributed by atoms with van der Waals surface area (Å²) in [6.45, 7) is 4.41. The molecule has 1 fully saturated rings. The molecule has 1 unspecified atom stereocenters. The van der Waals surface area contributed by atoms with Crippen LogP contribution in [-0.4, -0.2) is 41.0 Å². The molecule has 2 N–H and O–H groups in total. The standard InChI is InChI=1S/C15H19N5O/c1-2-12-10-20(8-9-21-12)14-13(17-15(16)19-18-14)11-6-4-3-5-7-11/h3-7,12H,2,8-10H2,1H3,(H2,16,17,19). The number of ether oxygens (including phenoxy) is 1. The van der Waals surface area contributed by atoms with Crippen molar-refractivity contribution in [3.05, 3.63) is 30.3 Å². The molecule has 1 aliphatic heterocycles. The summed E-state index contributed by atoms with van der Waals surface area (Å²) in [7, 11) is 0. The number of anilines is 2. The van der Waals surface area contributed by atoms with Crippen LogP contribution in [0.25, 0.3) is 11.3 Å². The van der Waals surface area contributed by atoms with Crippen molar-refractivity contribution in [2.75, 3.05) is 30.3 Å². The lowest BCUT2D eigenvalue weighted by atomic mass is 10.1. The zero-order valence-corrected chi connectivity index (χ0v) is 12.1. The predicted octanol–water partition coefficient (Wildman–Crippen LogP) is 1.74. The van der Waals surface area contributed by atoms with Crippen molar-refractivity contribution in [3.63, 3.8) is 0 Å². The van der Waals surface area contributed by atoms with Crippen molar-refractivity contribution in [3.8, 4) is 11.3 Å². The molecule has 0 saturated carbocycles. The molecule has 1 aromatic carbocycles. The number of benzene rings is 1. The second-order valence-corrected chi connectivity index (χ2v) is 5.06. The fourth-order valence-electron chi connectivity index (χ4n) is 2.49. The third-order valence-corrected chi connectivity index (χ3v) is 3.63. The van der Waals surface area contributed by atoms with E-state index in [1.807, 2.05) is 30.3 Å². The molecule has 2 heterocycles. The average molecular weight is 285 g/mol. The van der Waals surface area contributed by atoms with Gasteiger partial charge in [0.15, 0.2) is 5.82 Å². The van der Waals surface area contributed by atoms with Gasteiger partial charge in [-0.2, -0.15) is 0 Å². The predicted molar refractivity (Wildman–Crippen MR) is 81.9 cm³/mol. The fourth-order valence-corrected chi connectivity index (χ4v) is 2.49. The van der Waals surface area contributed by atoms with Gasteiger partial charge in [0.1, 0.15) is 5.69 Å². The van der Waals surface area contributed by atoms with Crippen LogP contribution in [0.5, 0.6) is 0 Å². The number of hydrogen-bond donors (Lipinski definition) is 1. The average Bonchev–Trinajstić information content (AvgIpc) is 2.55. The molecule has 0 spiro atoms. The van der Waals surface area contributed by atoms with Gasteiger partial charge in [0.25, 0.3) is 0 Å². The van der Waals surface area contributed by atoms with Gasteiger partial charge in [0, 0.05) is 18.7 Å². The highest BCUT2D eigenvalue weighted by Crippen LogP contribution is 2.28. The molecule has 3 rings (SSSR count). The Hall–Kier alpha value is -2.21. The maximum Gasteiger partial charge on any atom is 0.240 e. The maximum atomic E-state index is 5.72. The van der Waals surface area contributed by atoms with Gasteiger partial charge in [-0.15, -0.1) is 10.2 Å². The number of hydrogen-bond acceptors (Lipinski definition) is 6. The Labute approximate surface area is 124 Å². The second kappa shape index (κ2) is 6.05. The first kappa shape index (κ1) is 13.8. The smallest absolute Gasteiger partial charge is 0.240 e. The number of nitrogen functional groups attached to an aromatic ring is 1. The van der Waals surface area contributed by atoms with Gasteiger partial charge >= 0.3 is 0 Å². The Morgan fingerprint density at radius 2 is 2.10 bits per heavy atom. The van der Waals surface area contributed by atoms with Crippen LogP contribution in [0.3, 0.4) is 0 Å². The molecule has 0 aliphatic carbocycles. The van der Waals surface area contributed by atoms with Crippen LogP contribution in [0, 0.1) is 0 Å². The van der Waals surface area contributed by atoms with Gasteiger partial charge in [0.05, 0.1) is 12.7 Å². The normalized spacial score (nSPS) is 18.7. The van der Waals surface area contributed by atoms with Crippen molar-refractivity contribution < 1.29 is 4.74 Å². The molecule has 1 aromatic heterocycles. The highest BCUT2D eigenvalue weighted by atomic mass is 16.5. The number of nitrogens with zero attached hydrogens (tertiary/aromatic N) is 4. The summed E-state index contributed by atoms with van der Waals surface area (Å²) >= 11 is 0. The van der Waals surface area contributed by atoms with E-state index < -0.39 is 0 Å². The van der Waals surface area contributed by atoms with Crippen LogP contribution in [0.4, 0.5) is 11.8 Å². The van der Waals surface area contributed by atoms with E-state index in [9.17, 15) is 0 Å². The topological polar surface area (TPSA) is 77.2 Å². The van der Waals surface area contributed by atoms with Crippen LogP contribution < -0.4 is 10.6 Å². The summed E-state index contributed by atoms with van der Waals surface area (Å²) in [6, 6.07) is 9.94. The lowest BCUT2D eigenvalue weighted by Crippen LogP contribution is -2.43. The van der Waals surface area contributed by atoms with Gasteiger partial charge in [-0.3, -0.25) is 0 Å². The quantitative estimate of drug-likeness (QED) is 0.925. The van der Waals surface area contributed by atoms with Crippen molar-refractivity contribution in [1.82, 2.24) is 15.2 Å². The van der Waals surface area contributed by atoms with E-state index in [0.29, 0.717) is 6.61 Å². The molecule has 1 atom stereocenters. The number of rotatable bonds is 3. The molecule has 110 valence electrons. The lowest BCUT2D eigenvalue weighted by molar-refractivity contribution is 0.0381. The minimum atomic E-state index is 0.193. The van der Waals surface area contributed by atoms with Gasteiger partial charge in [-0.25, -0.2) is 4.98 Å². The first-order valence-electron chi connectivity index (χ1n) is 7.20. The molecule has 6 heteroatoms. The molecule has 0 amide bonds. The number of aromatic nitrogens is 3. The molecule has 1 aliphatic rings. The van der Waals surface area contributed by atoms with Crippen LogP contribution >= 0.6 is 0 Å². The van der Waals surface area contributed by atoms with Gasteiger partial charge < -0.3 is 15.4 Å². The van der Waals surface area contributed by atoms with E-state index >= 15 is 0 Å². The zero-order chi connectivity index (χ0) is 14.7. The summed E-state index contributed by atoms with van der Waals surface area (Å²) in [5, 5.41) is 8.21. The van der Waals surface area contributed by atoms with Crippen molar-refractivity contribution in [2.24, 2.45) is 0 Å². The summed E-state index contributed by atoms with van der Waals surface area (Å²) in [6.07, 6.45) is 1.20. The molecule has 0 bridgehead atoms. The third-order valence-electron chi connectivity index (χ3n) is 3.63. The van der Waals surface area contributed by atoms with Crippen molar-refractivity contribution >= 4 is 11.8 Å². The Bertz CT molecular complexity index is 604. The third kappa shape index (κ3) is 2.95. The van der Waals surface area contributed by atoms with E-state index in [2.05, 4.69) is 27.0 Å². The van der Waals surface area contributed by atoms with Crippen LogP contribution in [0.2, 0.25) is 0 Å². The maximum absolute atomic E-state index is 5.72. The fraction of sp³-hybridized carbons (Fsp3) is 0.400. The van der Waals surface area contributed by atoms with Crippen molar-refractivity contribution in [1.29, 1.82) is 0 Å². The molecular weight excluding hydrogens is 266 g/mol. The highest BCUT2D eigenvalue weighted by molar-refractivity contribution is 5.72. The van der Waals surface area contributed by atoms with Crippen LogP contribution in [-0.2, 0) is 4.74 Å². The second-order valence-electron chi connectivity index (χ2n) is 5.06. The summed E-state index contributed by atoms with van der Waals surface area (Å²) in [4.78, 5) is 6.57. The monoisotopic (exact) mass is 285 g/mol. The lowest BCUT2D eigenvalue weighted by Gasteiger charge is -2.33. The molecular formula is C15H19N5O. The SMILES string of the molecule is CCC1CN(c2nnc(N)nc2-c2ccccc2)CCO1. The zero-order valence-electron chi connectivity index (χ0n) is 12.1. The Balaban J connectivity index is 1.98. The van der Waals surface area contributed by atoms with E-state index in [0.717, 1.165) is 36.6 Å². The minimum Gasteiger partial charge on any atom is -0.375 e. The molecule has 2 aromatic rings. The molecule has 1 saturated heterocycles. The van der Waals surface area contributed by atoms with Gasteiger partial charge in [-0.1, -0.05) is 37.3 Å². The summed E-state index contributed by atoms with van der Waals surface area (Å²) in [5.74, 6) is 0.968. The Morgan fingerprint density at radius 1 is 1.29 bits per heavy atom. The minimum absolute atomic E-state index is 0.193. The summed E-state index contributed by atoms with van der Waals surface area (Å²) < 4.78 is 5.71. The molecule has 21 heavy (non-hydrogen) atoms. The number of morpholine rings is 1. The van der Waals surface area contributed by atoms with E-state index in [1.54, 1.807) is 0 Å². The van der Waals surface area contributed by atoms with Crippen molar-refractivity contribution in [2.45, 2.75) is 19.4 Å². The van der Waals surface area contributed by atoms with Crippen LogP contribution in [0.1, 0.15) is 13.3 Å². The van der Waals surface area contributed by atoms with Gasteiger partial charge in [0.2, 0.25) is 5.95 Å². The first-order chi connectivity index (χ1) is 10.3. The Kier molecular flexibility index (Phi) is 3.96. The largest absolute Gasteiger partial charge is 0.375 e. The molecule has 6 nitrogen and oxygen atoms in total. The molecule has 0 radical (unpaired) electrons. The highest BCUT2D eigenvalue weighted by Gasteiger charge is 2.24. The van der Waals surface area contributed by atoms with Crippen LogP contribution in [0.15, 0.2) is 30.3 Å². The van der Waals surface area contributed by atoms with E-state index in [4.69, 9.17) is 10.5 Å².